The minimum atomic E-state index is -0.0555. The number of allylic oxidation sites excluding steroid dienone is 1. The highest BCUT2D eigenvalue weighted by Gasteiger charge is 2.19. The van der Waals surface area contributed by atoms with Crippen molar-refractivity contribution in [3.8, 4) is 0 Å². The number of fused-ring (bicyclic) bond motifs is 1. The third kappa shape index (κ3) is 3.70. The molecule has 0 unspecified atom stereocenters. The zero-order valence-corrected chi connectivity index (χ0v) is 16.1. The second-order valence-electron chi connectivity index (χ2n) is 7.00. The van der Waals surface area contributed by atoms with Gasteiger partial charge in [-0.05, 0) is 73.0 Å². The Morgan fingerprint density at radius 1 is 1.12 bits per heavy atom. The van der Waals surface area contributed by atoms with Crippen molar-refractivity contribution in [1.82, 2.24) is 9.38 Å². The number of nitrogens with one attached hydrogen (secondary N) is 1. The van der Waals surface area contributed by atoms with Crippen LogP contribution in [0, 0.1) is 0 Å². The minimum absolute atomic E-state index is 0.0555. The fourth-order valence-electron chi connectivity index (χ4n) is 2.64. The van der Waals surface area contributed by atoms with Gasteiger partial charge in [-0.15, -0.1) is 0 Å². The Hall–Kier alpha value is -2.07. The van der Waals surface area contributed by atoms with Gasteiger partial charge in [-0.25, -0.2) is 4.98 Å². The van der Waals surface area contributed by atoms with Crippen molar-refractivity contribution in [2.45, 2.75) is 33.2 Å². The summed E-state index contributed by atoms with van der Waals surface area (Å²) in [5.74, 6) is 1.02. The first-order chi connectivity index (χ1) is 11.3. The number of rotatable bonds is 3. The van der Waals surface area contributed by atoms with Crippen LogP contribution in [0.5, 0.6) is 0 Å². The second-order valence-corrected chi connectivity index (χ2v) is 7.91. The number of pyridine rings is 1. The lowest BCUT2D eigenvalue weighted by molar-refractivity contribution is 0.629. The van der Waals surface area contributed by atoms with Crippen LogP contribution in [-0.2, 0) is 0 Å². The number of hydrogen-bond acceptors (Lipinski definition) is 2. The summed E-state index contributed by atoms with van der Waals surface area (Å²) in [6.45, 7) is 8.58. The van der Waals surface area contributed by atoms with Crippen molar-refractivity contribution in [3.05, 3.63) is 64.4 Å². The van der Waals surface area contributed by atoms with E-state index in [4.69, 9.17) is 4.98 Å². The fraction of sp³-hybridized carbons (Fsp3) is 0.250. The Morgan fingerprint density at radius 3 is 2.50 bits per heavy atom. The topological polar surface area (TPSA) is 29.3 Å². The highest BCUT2D eigenvalue weighted by atomic mass is 79.9. The molecule has 3 rings (SSSR count). The summed E-state index contributed by atoms with van der Waals surface area (Å²) in [7, 11) is 0. The molecule has 0 aliphatic heterocycles. The fourth-order valence-corrected chi connectivity index (χ4v) is 2.97. The van der Waals surface area contributed by atoms with Crippen LogP contribution in [0.2, 0.25) is 0 Å². The van der Waals surface area contributed by atoms with Gasteiger partial charge in [0.25, 0.3) is 0 Å². The normalized spacial score (nSPS) is 12.6. The molecular formula is C20H22BrN3. The molecular weight excluding hydrogens is 362 g/mol. The third-order valence-electron chi connectivity index (χ3n) is 3.63. The van der Waals surface area contributed by atoms with Crippen molar-refractivity contribution in [1.29, 1.82) is 0 Å². The van der Waals surface area contributed by atoms with Gasteiger partial charge in [-0.1, -0.05) is 30.3 Å². The van der Waals surface area contributed by atoms with Crippen LogP contribution in [0.1, 0.15) is 39.0 Å². The van der Waals surface area contributed by atoms with Gasteiger partial charge in [0.15, 0.2) is 0 Å². The summed E-state index contributed by atoms with van der Waals surface area (Å²) in [5, 5.41) is 3.61. The lowest BCUT2D eigenvalue weighted by Gasteiger charge is -2.22. The minimum Gasteiger partial charge on any atom is -0.365 e. The maximum atomic E-state index is 4.85. The zero-order valence-electron chi connectivity index (χ0n) is 14.5. The molecule has 1 aromatic carbocycles. The number of benzene rings is 1. The Labute approximate surface area is 151 Å². The lowest BCUT2D eigenvalue weighted by atomic mass is 10.1. The molecule has 3 nitrogen and oxygen atoms in total. The first-order valence-corrected chi connectivity index (χ1v) is 8.82. The summed E-state index contributed by atoms with van der Waals surface area (Å²) >= 11 is 3.56. The van der Waals surface area contributed by atoms with Gasteiger partial charge in [0.2, 0.25) is 0 Å². The Balaban J connectivity index is 2.16. The largest absolute Gasteiger partial charge is 0.365 e. The van der Waals surface area contributed by atoms with E-state index in [2.05, 4.69) is 77.7 Å². The average Bonchev–Trinajstić information content (AvgIpc) is 2.85. The third-order valence-corrected chi connectivity index (χ3v) is 4.10. The van der Waals surface area contributed by atoms with E-state index in [9.17, 15) is 0 Å². The van der Waals surface area contributed by atoms with Gasteiger partial charge in [0, 0.05) is 16.2 Å². The number of aromatic nitrogens is 2. The molecule has 0 aliphatic carbocycles. The smallest absolute Gasteiger partial charge is 0.139 e. The van der Waals surface area contributed by atoms with Gasteiger partial charge >= 0.3 is 0 Å². The Morgan fingerprint density at radius 2 is 1.83 bits per heavy atom. The molecule has 0 amide bonds. The van der Waals surface area contributed by atoms with Gasteiger partial charge in [0.05, 0.1) is 0 Å². The summed E-state index contributed by atoms with van der Waals surface area (Å²) in [6.07, 6.45) is 4.22. The molecule has 1 N–H and O–H groups in total. The van der Waals surface area contributed by atoms with E-state index in [-0.39, 0.29) is 5.54 Å². The van der Waals surface area contributed by atoms with Crippen LogP contribution in [-0.4, -0.2) is 14.9 Å². The predicted molar refractivity (Wildman–Crippen MR) is 106 cm³/mol. The average molecular weight is 384 g/mol. The standard InChI is InChI=1S/C20H22BrN3/c1-14(12-15-8-6-5-7-9-15)18-19(23-20(2,3)4)24-13-16(21)10-11-17(24)22-18/h5-13,23H,1-4H3/b14-12+. The van der Waals surface area contributed by atoms with Crippen LogP contribution in [0.3, 0.4) is 0 Å². The van der Waals surface area contributed by atoms with Crippen LogP contribution in [0.15, 0.2) is 53.1 Å². The van der Waals surface area contributed by atoms with Crippen LogP contribution < -0.4 is 5.32 Å². The van der Waals surface area contributed by atoms with E-state index in [1.807, 2.05) is 30.3 Å². The summed E-state index contributed by atoms with van der Waals surface area (Å²) in [4.78, 5) is 4.85. The van der Waals surface area contributed by atoms with Gasteiger partial charge in [0.1, 0.15) is 17.2 Å². The monoisotopic (exact) mass is 383 g/mol. The van der Waals surface area contributed by atoms with E-state index < -0.39 is 0 Å². The first-order valence-electron chi connectivity index (χ1n) is 8.03. The van der Waals surface area contributed by atoms with Crippen molar-refractivity contribution in [2.24, 2.45) is 0 Å². The number of hydrogen-bond donors (Lipinski definition) is 1. The maximum absolute atomic E-state index is 4.85. The molecule has 0 fully saturated rings. The van der Waals surface area contributed by atoms with E-state index in [0.717, 1.165) is 27.2 Å². The molecule has 4 heteroatoms. The number of anilines is 1. The molecule has 2 aromatic heterocycles. The van der Waals surface area contributed by atoms with Crippen molar-refractivity contribution in [3.63, 3.8) is 0 Å². The zero-order chi connectivity index (χ0) is 17.3. The van der Waals surface area contributed by atoms with E-state index in [1.54, 1.807) is 0 Å². The van der Waals surface area contributed by atoms with Crippen LogP contribution in [0.25, 0.3) is 17.3 Å². The van der Waals surface area contributed by atoms with Gasteiger partial charge < -0.3 is 5.32 Å². The van der Waals surface area contributed by atoms with Crippen molar-refractivity contribution < 1.29 is 0 Å². The number of halogens is 1. The van der Waals surface area contributed by atoms with Crippen LogP contribution >= 0.6 is 15.9 Å². The molecule has 0 aliphatic rings. The highest BCUT2D eigenvalue weighted by molar-refractivity contribution is 9.10. The van der Waals surface area contributed by atoms with E-state index >= 15 is 0 Å². The van der Waals surface area contributed by atoms with Gasteiger partial charge in [-0.3, -0.25) is 4.40 Å². The highest BCUT2D eigenvalue weighted by Crippen LogP contribution is 2.29. The SMILES string of the molecule is C/C(=C\c1ccccc1)c1nc2ccc(Br)cn2c1NC(C)(C)C. The molecule has 3 aromatic rings. The quantitative estimate of drug-likeness (QED) is 0.612. The molecule has 0 atom stereocenters. The molecule has 0 spiro atoms. The Kier molecular flexibility index (Phi) is 4.50. The Bertz CT molecular complexity index is 886. The molecule has 124 valence electrons. The summed E-state index contributed by atoms with van der Waals surface area (Å²) in [5.41, 5.74) is 4.16. The summed E-state index contributed by atoms with van der Waals surface area (Å²) < 4.78 is 3.13. The molecule has 0 saturated carbocycles. The second kappa shape index (κ2) is 6.44. The van der Waals surface area contributed by atoms with Gasteiger partial charge in [-0.2, -0.15) is 0 Å². The maximum Gasteiger partial charge on any atom is 0.139 e. The first kappa shape index (κ1) is 16.8. The molecule has 2 heterocycles. The van der Waals surface area contributed by atoms with Crippen LogP contribution in [0.4, 0.5) is 5.82 Å². The summed E-state index contributed by atoms with van der Waals surface area (Å²) in [6, 6.07) is 14.4. The predicted octanol–water partition coefficient (Wildman–Crippen LogP) is 5.87. The van der Waals surface area contributed by atoms with Crippen molar-refractivity contribution >= 4 is 39.0 Å². The molecule has 24 heavy (non-hydrogen) atoms. The van der Waals surface area contributed by atoms with Crippen molar-refractivity contribution in [2.75, 3.05) is 5.32 Å². The van der Waals surface area contributed by atoms with E-state index in [0.29, 0.717) is 0 Å². The molecule has 0 saturated heterocycles. The van der Waals surface area contributed by atoms with E-state index in [1.165, 1.54) is 5.56 Å². The molecule has 0 radical (unpaired) electrons. The lowest BCUT2D eigenvalue weighted by Crippen LogP contribution is -2.27. The number of nitrogens with zero attached hydrogens (tertiary/aromatic N) is 2. The molecule has 0 bridgehead atoms. The number of imidazole rings is 1.